The lowest BCUT2D eigenvalue weighted by atomic mass is 9.85. The summed E-state index contributed by atoms with van der Waals surface area (Å²) in [7, 11) is 0. The summed E-state index contributed by atoms with van der Waals surface area (Å²) in [6.07, 6.45) is 5.70. The van der Waals surface area contributed by atoms with Gasteiger partial charge in [0.15, 0.2) is 0 Å². The second kappa shape index (κ2) is 5.59. The Morgan fingerprint density at radius 3 is 2.84 bits per heavy atom. The highest BCUT2D eigenvalue weighted by molar-refractivity contribution is 7.11. The van der Waals surface area contributed by atoms with Crippen molar-refractivity contribution in [3.8, 4) is 0 Å². The van der Waals surface area contributed by atoms with Crippen LogP contribution in [-0.4, -0.2) is 16.9 Å². The molecule has 2 rings (SSSR count). The Bertz CT molecular complexity index is 455. The zero-order chi connectivity index (χ0) is 14.0. The van der Waals surface area contributed by atoms with Crippen molar-refractivity contribution < 1.29 is 4.79 Å². The van der Waals surface area contributed by atoms with Gasteiger partial charge < -0.3 is 11.1 Å². The Kier molecular flexibility index (Phi) is 4.26. The van der Waals surface area contributed by atoms with Crippen LogP contribution in [0.2, 0.25) is 0 Å². The Morgan fingerprint density at radius 1 is 1.53 bits per heavy atom. The molecule has 3 N–H and O–H groups in total. The van der Waals surface area contributed by atoms with Crippen molar-refractivity contribution in [2.24, 2.45) is 11.7 Å². The van der Waals surface area contributed by atoms with Crippen LogP contribution in [0, 0.1) is 12.8 Å². The van der Waals surface area contributed by atoms with E-state index in [1.165, 1.54) is 0 Å². The molecule has 1 amide bonds. The number of aromatic nitrogens is 1. The molecular weight excluding hydrogens is 258 g/mol. The highest BCUT2D eigenvalue weighted by Crippen LogP contribution is 2.28. The van der Waals surface area contributed by atoms with E-state index in [0.717, 1.165) is 35.6 Å². The molecule has 1 fully saturated rings. The molecule has 4 nitrogen and oxygen atoms in total. The standard InChI is InChI=1S/C14H23N3OS/c1-9-8-16-13(19-9)14(2,3)17-12(18)10-5-4-6-11(15)7-10/h8,10-11H,4-7,15H2,1-3H3,(H,17,18). The number of hydrogen-bond acceptors (Lipinski definition) is 4. The van der Waals surface area contributed by atoms with E-state index in [2.05, 4.69) is 10.3 Å². The SMILES string of the molecule is Cc1cnc(C(C)(C)NC(=O)C2CCCC(N)C2)s1. The maximum atomic E-state index is 12.3. The van der Waals surface area contributed by atoms with E-state index in [-0.39, 0.29) is 17.9 Å². The van der Waals surface area contributed by atoms with Crippen LogP contribution in [0.5, 0.6) is 0 Å². The van der Waals surface area contributed by atoms with Crippen molar-refractivity contribution in [1.29, 1.82) is 0 Å². The van der Waals surface area contributed by atoms with Gasteiger partial charge >= 0.3 is 0 Å². The van der Waals surface area contributed by atoms with Gasteiger partial charge in [-0.05, 0) is 40.0 Å². The van der Waals surface area contributed by atoms with Gasteiger partial charge in [-0.1, -0.05) is 6.42 Å². The third-order valence-electron chi connectivity index (χ3n) is 3.68. The summed E-state index contributed by atoms with van der Waals surface area (Å²) in [5, 5.41) is 4.09. The zero-order valence-corrected chi connectivity index (χ0v) is 12.7. The van der Waals surface area contributed by atoms with E-state index < -0.39 is 5.54 Å². The van der Waals surface area contributed by atoms with E-state index in [1.807, 2.05) is 27.0 Å². The van der Waals surface area contributed by atoms with Crippen molar-refractivity contribution >= 4 is 17.2 Å². The highest BCUT2D eigenvalue weighted by Gasteiger charge is 2.31. The summed E-state index contributed by atoms with van der Waals surface area (Å²) in [6, 6.07) is 0.176. The average molecular weight is 281 g/mol. The first-order valence-electron chi connectivity index (χ1n) is 6.89. The van der Waals surface area contributed by atoms with Crippen LogP contribution in [0.25, 0.3) is 0 Å². The fraction of sp³-hybridized carbons (Fsp3) is 0.714. The van der Waals surface area contributed by atoms with Gasteiger partial charge in [-0.3, -0.25) is 4.79 Å². The number of amides is 1. The fourth-order valence-corrected chi connectivity index (χ4v) is 3.39. The van der Waals surface area contributed by atoms with Gasteiger partial charge in [0.1, 0.15) is 5.01 Å². The first-order chi connectivity index (χ1) is 8.88. The molecule has 0 radical (unpaired) electrons. The third-order valence-corrected chi connectivity index (χ3v) is 4.91. The Hall–Kier alpha value is -0.940. The number of thiazole rings is 1. The molecule has 106 valence electrons. The van der Waals surface area contributed by atoms with Gasteiger partial charge in [-0.2, -0.15) is 0 Å². The van der Waals surface area contributed by atoms with E-state index in [9.17, 15) is 4.79 Å². The molecule has 1 aromatic rings. The minimum Gasteiger partial charge on any atom is -0.344 e. The predicted octanol–water partition coefficient (Wildman–Crippen LogP) is 2.32. The number of nitrogens with zero attached hydrogens (tertiary/aromatic N) is 1. The summed E-state index contributed by atoms with van der Waals surface area (Å²) in [5.74, 6) is 0.178. The lowest BCUT2D eigenvalue weighted by Gasteiger charge is -2.30. The molecule has 1 saturated carbocycles. The lowest BCUT2D eigenvalue weighted by Crippen LogP contribution is -2.46. The molecular formula is C14H23N3OS. The number of hydrogen-bond donors (Lipinski definition) is 2. The van der Waals surface area contributed by atoms with Crippen molar-refractivity contribution in [2.75, 3.05) is 0 Å². The maximum Gasteiger partial charge on any atom is 0.223 e. The van der Waals surface area contributed by atoms with Crippen molar-refractivity contribution in [3.63, 3.8) is 0 Å². The molecule has 19 heavy (non-hydrogen) atoms. The van der Waals surface area contributed by atoms with Gasteiger partial charge in [-0.15, -0.1) is 11.3 Å². The first-order valence-corrected chi connectivity index (χ1v) is 7.70. The van der Waals surface area contributed by atoms with Crippen LogP contribution in [0.15, 0.2) is 6.20 Å². The monoisotopic (exact) mass is 281 g/mol. The summed E-state index contributed by atoms with van der Waals surface area (Å²) in [5.41, 5.74) is 5.55. The molecule has 1 heterocycles. The number of rotatable bonds is 3. The molecule has 5 heteroatoms. The van der Waals surface area contributed by atoms with E-state index in [1.54, 1.807) is 11.3 Å². The second-order valence-electron chi connectivity index (χ2n) is 6.01. The minimum atomic E-state index is -0.405. The van der Waals surface area contributed by atoms with Crippen LogP contribution < -0.4 is 11.1 Å². The number of carbonyl (C=O) groups excluding carboxylic acids is 1. The summed E-state index contributed by atoms with van der Waals surface area (Å²) in [6.45, 7) is 6.04. The molecule has 2 atom stereocenters. The molecule has 1 aromatic heterocycles. The number of nitrogens with two attached hydrogens (primary N) is 1. The Balaban J connectivity index is 2.01. The van der Waals surface area contributed by atoms with Crippen molar-refractivity contribution in [2.45, 2.75) is 58.0 Å². The average Bonchev–Trinajstić information content (AvgIpc) is 2.76. The minimum absolute atomic E-state index is 0.0593. The van der Waals surface area contributed by atoms with Crippen LogP contribution in [0.1, 0.15) is 49.4 Å². The zero-order valence-electron chi connectivity index (χ0n) is 11.9. The van der Waals surface area contributed by atoms with Crippen LogP contribution in [0.3, 0.4) is 0 Å². The second-order valence-corrected chi connectivity index (χ2v) is 7.25. The summed E-state index contributed by atoms with van der Waals surface area (Å²) >= 11 is 1.63. The van der Waals surface area contributed by atoms with E-state index in [0.29, 0.717) is 0 Å². The summed E-state index contributed by atoms with van der Waals surface area (Å²) in [4.78, 5) is 17.9. The lowest BCUT2D eigenvalue weighted by molar-refractivity contribution is -0.127. The molecule has 0 saturated heterocycles. The molecule has 0 spiro atoms. The molecule has 0 aromatic carbocycles. The number of aryl methyl sites for hydroxylation is 1. The topological polar surface area (TPSA) is 68.0 Å². The van der Waals surface area contributed by atoms with Crippen LogP contribution in [-0.2, 0) is 10.3 Å². The van der Waals surface area contributed by atoms with E-state index in [4.69, 9.17) is 5.73 Å². The Labute approximate surface area is 118 Å². The maximum absolute atomic E-state index is 12.3. The van der Waals surface area contributed by atoms with E-state index >= 15 is 0 Å². The fourth-order valence-electron chi connectivity index (χ4n) is 2.57. The number of carbonyl (C=O) groups is 1. The first kappa shape index (κ1) is 14.5. The van der Waals surface area contributed by atoms with Gasteiger partial charge in [-0.25, -0.2) is 4.98 Å². The molecule has 2 unspecified atom stereocenters. The van der Waals surface area contributed by atoms with Crippen molar-refractivity contribution in [1.82, 2.24) is 10.3 Å². The number of nitrogens with one attached hydrogen (secondary N) is 1. The third kappa shape index (κ3) is 3.54. The molecule has 1 aliphatic carbocycles. The van der Waals surface area contributed by atoms with Crippen LogP contribution in [0.4, 0.5) is 0 Å². The van der Waals surface area contributed by atoms with Gasteiger partial charge in [0.05, 0.1) is 5.54 Å². The summed E-state index contributed by atoms with van der Waals surface area (Å²) < 4.78 is 0. The normalized spacial score (nSPS) is 24.2. The van der Waals surface area contributed by atoms with Gasteiger partial charge in [0, 0.05) is 23.0 Å². The molecule has 0 bridgehead atoms. The van der Waals surface area contributed by atoms with Crippen molar-refractivity contribution in [3.05, 3.63) is 16.1 Å². The highest BCUT2D eigenvalue weighted by atomic mass is 32.1. The van der Waals surface area contributed by atoms with Crippen LogP contribution >= 0.6 is 11.3 Å². The van der Waals surface area contributed by atoms with Gasteiger partial charge in [0.2, 0.25) is 5.91 Å². The quantitative estimate of drug-likeness (QED) is 0.893. The molecule has 1 aliphatic rings. The predicted molar refractivity (Wildman–Crippen MR) is 78.0 cm³/mol. The Morgan fingerprint density at radius 2 is 2.26 bits per heavy atom. The molecule has 0 aliphatic heterocycles. The largest absolute Gasteiger partial charge is 0.344 e. The smallest absolute Gasteiger partial charge is 0.223 e. The van der Waals surface area contributed by atoms with Gasteiger partial charge in [0.25, 0.3) is 0 Å².